The Kier molecular flexibility index (Phi) is 3.83. The number of nitrogens with zero attached hydrogens (tertiary/aromatic N) is 1. The highest BCUT2D eigenvalue weighted by Crippen LogP contribution is 2.37. The maximum absolute atomic E-state index is 14.4. The summed E-state index contributed by atoms with van der Waals surface area (Å²) in [5.74, 6) is -1.91. The summed E-state index contributed by atoms with van der Waals surface area (Å²) >= 11 is 0. The van der Waals surface area contributed by atoms with Crippen LogP contribution in [-0.2, 0) is 0 Å². The Labute approximate surface area is 138 Å². The molecule has 0 aliphatic heterocycles. The summed E-state index contributed by atoms with van der Waals surface area (Å²) in [6, 6.07) is 2.81. The van der Waals surface area contributed by atoms with Crippen LogP contribution in [0.25, 0.3) is 10.9 Å². The Morgan fingerprint density at radius 1 is 1.46 bits per heavy atom. The van der Waals surface area contributed by atoms with Crippen LogP contribution in [-0.4, -0.2) is 27.7 Å². The maximum Gasteiger partial charge on any atom is 0.341 e. The smallest absolute Gasteiger partial charge is 0.341 e. The summed E-state index contributed by atoms with van der Waals surface area (Å²) in [6.45, 7) is 3.99. The molecule has 2 aromatic rings. The van der Waals surface area contributed by atoms with Gasteiger partial charge in [0.05, 0.1) is 11.2 Å². The molecular formula is C17H20FN3O3. The minimum atomic E-state index is -1.30. The molecule has 0 unspecified atom stereocenters. The summed E-state index contributed by atoms with van der Waals surface area (Å²) in [5, 5.41) is 12.3. The maximum atomic E-state index is 14.4. The van der Waals surface area contributed by atoms with Crippen molar-refractivity contribution < 1.29 is 14.3 Å². The molecule has 0 spiro atoms. The van der Waals surface area contributed by atoms with Gasteiger partial charge in [0.15, 0.2) is 0 Å². The van der Waals surface area contributed by atoms with Crippen molar-refractivity contribution in [2.24, 2.45) is 5.73 Å². The van der Waals surface area contributed by atoms with Crippen molar-refractivity contribution in [1.82, 2.24) is 4.57 Å². The highest BCUT2D eigenvalue weighted by molar-refractivity contribution is 5.93. The number of carboxylic acid groups (broad SMARTS) is 1. The lowest BCUT2D eigenvalue weighted by atomic mass is 10.1. The van der Waals surface area contributed by atoms with Gasteiger partial charge in [0.25, 0.3) is 0 Å². The van der Waals surface area contributed by atoms with Crippen LogP contribution in [0, 0.1) is 5.82 Å². The number of hydrogen-bond donors (Lipinski definition) is 3. The lowest BCUT2D eigenvalue weighted by Gasteiger charge is -2.21. The first-order valence-corrected chi connectivity index (χ1v) is 7.82. The third kappa shape index (κ3) is 3.12. The van der Waals surface area contributed by atoms with E-state index in [1.165, 1.54) is 6.20 Å². The number of aromatic carboxylic acids is 1. The largest absolute Gasteiger partial charge is 0.477 e. The molecule has 0 bridgehead atoms. The molecule has 0 amide bonds. The highest BCUT2D eigenvalue weighted by atomic mass is 19.1. The number of anilines is 1. The summed E-state index contributed by atoms with van der Waals surface area (Å²) in [4.78, 5) is 23.6. The molecule has 4 N–H and O–H groups in total. The molecule has 1 aromatic heterocycles. The van der Waals surface area contributed by atoms with E-state index in [0.717, 1.165) is 18.9 Å². The van der Waals surface area contributed by atoms with Gasteiger partial charge < -0.3 is 20.7 Å². The second kappa shape index (κ2) is 5.59. The number of halogens is 1. The number of carboxylic acids is 1. The molecular weight excluding hydrogens is 313 g/mol. The van der Waals surface area contributed by atoms with Crippen molar-refractivity contribution in [2.45, 2.75) is 38.3 Å². The van der Waals surface area contributed by atoms with Crippen molar-refractivity contribution in [3.63, 3.8) is 0 Å². The minimum absolute atomic E-state index is 0.0804. The van der Waals surface area contributed by atoms with Crippen molar-refractivity contribution in [3.05, 3.63) is 39.9 Å². The monoisotopic (exact) mass is 333 g/mol. The van der Waals surface area contributed by atoms with Gasteiger partial charge in [-0.3, -0.25) is 4.79 Å². The Balaban J connectivity index is 2.18. The molecule has 24 heavy (non-hydrogen) atoms. The van der Waals surface area contributed by atoms with Crippen molar-refractivity contribution in [3.8, 4) is 0 Å². The first kappa shape index (κ1) is 16.4. The van der Waals surface area contributed by atoms with Crippen LogP contribution in [0.2, 0.25) is 0 Å². The molecule has 6 nitrogen and oxygen atoms in total. The molecule has 1 heterocycles. The van der Waals surface area contributed by atoms with Crippen LogP contribution in [0.4, 0.5) is 10.1 Å². The van der Waals surface area contributed by atoms with Crippen LogP contribution >= 0.6 is 0 Å². The fourth-order valence-electron chi connectivity index (χ4n) is 2.64. The van der Waals surface area contributed by atoms with Gasteiger partial charge in [-0.05, 0) is 38.8 Å². The van der Waals surface area contributed by atoms with E-state index in [4.69, 9.17) is 5.73 Å². The van der Waals surface area contributed by atoms with E-state index in [1.54, 1.807) is 10.6 Å². The lowest BCUT2D eigenvalue weighted by Crippen LogP contribution is -2.39. The van der Waals surface area contributed by atoms with E-state index in [9.17, 15) is 19.1 Å². The molecule has 7 heteroatoms. The number of benzene rings is 1. The van der Waals surface area contributed by atoms with Crippen LogP contribution < -0.4 is 16.5 Å². The average molecular weight is 333 g/mol. The molecule has 0 radical (unpaired) electrons. The molecule has 1 aliphatic rings. The number of rotatable bonds is 5. The van der Waals surface area contributed by atoms with E-state index in [2.05, 4.69) is 5.32 Å². The van der Waals surface area contributed by atoms with E-state index >= 15 is 0 Å². The third-order valence-electron chi connectivity index (χ3n) is 4.03. The molecule has 1 aromatic carbocycles. The van der Waals surface area contributed by atoms with E-state index < -0.39 is 22.8 Å². The molecule has 0 saturated heterocycles. The number of hydrogen-bond acceptors (Lipinski definition) is 4. The molecule has 0 atom stereocenters. The zero-order chi connectivity index (χ0) is 17.6. The first-order valence-electron chi connectivity index (χ1n) is 7.82. The Bertz CT molecular complexity index is 879. The molecule has 1 fully saturated rings. The normalized spacial score (nSPS) is 14.8. The quantitative estimate of drug-likeness (QED) is 0.780. The van der Waals surface area contributed by atoms with E-state index in [-0.39, 0.29) is 22.7 Å². The van der Waals surface area contributed by atoms with Gasteiger partial charge in [0, 0.05) is 29.7 Å². The minimum Gasteiger partial charge on any atom is -0.477 e. The van der Waals surface area contributed by atoms with Crippen molar-refractivity contribution >= 4 is 22.6 Å². The van der Waals surface area contributed by atoms with Crippen molar-refractivity contribution in [1.29, 1.82) is 0 Å². The van der Waals surface area contributed by atoms with Gasteiger partial charge in [-0.15, -0.1) is 0 Å². The second-order valence-corrected chi connectivity index (χ2v) is 7.01. The topological polar surface area (TPSA) is 97.3 Å². The van der Waals surface area contributed by atoms with Crippen LogP contribution in [0.15, 0.2) is 23.1 Å². The summed E-state index contributed by atoms with van der Waals surface area (Å²) in [6.07, 6.45) is 3.18. The SMILES string of the molecule is CC(C)(N)CNc1cc2c(cc1F)c(=O)c(C(=O)O)cn2C1CC1. The molecule has 1 aliphatic carbocycles. The second-order valence-electron chi connectivity index (χ2n) is 7.01. The summed E-state index contributed by atoms with van der Waals surface area (Å²) < 4.78 is 16.1. The standard InChI is InChI=1S/C17H20FN3O3/c1-17(2,19)8-20-13-6-14-10(5-12(13)18)15(22)11(16(23)24)7-21(14)9-3-4-9/h5-7,9,20H,3-4,8,19H2,1-2H3,(H,23,24). The predicted octanol–water partition coefficient (Wildman–Crippen LogP) is 2.32. The third-order valence-corrected chi connectivity index (χ3v) is 4.03. The number of aromatic nitrogens is 1. The Hall–Kier alpha value is -2.41. The molecule has 1 saturated carbocycles. The zero-order valence-electron chi connectivity index (χ0n) is 13.6. The number of pyridine rings is 1. The van der Waals surface area contributed by atoms with Crippen LogP contribution in [0.1, 0.15) is 43.1 Å². The van der Waals surface area contributed by atoms with Gasteiger partial charge in [-0.2, -0.15) is 0 Å². The summed E-state index contributed by atoms with van der Waals surface area (Å²) in [7, 11) is 0. The number of nitrogens with two attached hydrogens (primary N) is 1. The van der Waals surface area contributed by atoms with E-state index in [1.807, 2.05) is 13.8 Å². The fourth-order valence-corrected chi connectivity index (χ4v) is 2.64. The van der Waals surface area contributed by atoms with Gasteiger partial charge in [0.2, 0.25) is 5.43 Å². The molecule has 128 valence electrons. The van der Waals surface area contributed by atoms with E-state index in [0.29, 0.717) is 12.1 Å². The van der Waals surface area contributed by atoms with Gasteiger partial charge in [-0.1, -0.05) is 0 Å². The van der Waals surface area contributed by atoms with Crippen molar-refractivity contribution in [2.75, 3.05) is 11.9 Å². The summed E-state index contributed by atoms with van der Waals surface area (Å²) in [5.41, 5.74) is 5.16. The van der Waals surface area contributed by atoms with Crippen LogP contribution in [0.5, 0.6) is 0 Å². The Morgan fingerprint density at radius 2 is 2.12 bits per heavy atom. The lowest BCUT2D eigenvalue weighted by molar-refractivity contribution is 0.0695. The fraction of sp³-hybridized carbons (Fsp3) is 0.412. The average Bonchev–Trinajstić information content (AvgIpc) is 3.29. The zero-order valence-corrected chi connectivity index (χ0v) is 13.6. The number of fused-ring (bicyclic) bond motifs is 1. The predicted molar refractivity (Wildman–Crippen MR) is 90.2 cm³/mol. The first-order chi connectivity index (χ1) is 11.2. The molecule has 3 rings (SSSR count). The van der Waals surface area contributed by atoms with Gasteiger partial charge >= 0.3 is 5.97 Å². The number of carbonyl (C=O) groups is 1. The highest BCUT2D eigenvalue weighted by Gasteiger charge is 2.27. The number of nitrogens with one attached hydrogen (secondary N) is 1. The Morgan fingerprint density at radius 3 is 2.67 bits per heavy atom. The van der Waals surface area contributed by atoms with Gasteiger partial charge in [-0.25, -0.2) is 9.18 Å². The van der Waals surface area contributed by atoms with Crippen LogP contribution in [0.3, 0.4) is 0 Å². The van der Waals surface area contributed by atoms with Gasteiger partial charge in [0.1, 0.15) is 11.4 Å².